The molecule has 30 heavy (non-hydrogen) atoms. The Labute approximate surface area is 176 Å². The SMILES string of the molecule is CC(OC(=O)/C=C/c1ccc(S(=O)(=O)NCc2ccco2)cc1)C(=O)NC(C)(C)C. The first-order chi connectivity index (χ1) is 14.0. The summed E-state index contributed by atoms with van der Waals surface area (Å²) in [5, 5.41) is 2.73. The molecule has 0 radical (unpaired) electrons. The highest BCUT2D eigenvalue weighted by Crippen LogP contribution is 2.13. The Morgan fingerprint density at radius 2 is 1.83 bits per heavy atom. The highest BCUT2D eigenvalue weighted by molar-refractivity contribution is 7.89. The van der Waals surface area contributed by atoms with Gasteiger partial charge in [0.25, 0.3) is 5.91 Å². The van der Waals surface area contributed by atoms with Gasteiger partial charge in [0.2, 0.25) is 10.0 Å². The van der Waals surface area contributed by atoms with Crippen molar-refractivity contribution < 1.29 is 27.2 Å². The summed E-state index contributed by atoms with van der Waals surface area (Å²) < 4.78 is 37.2. The van der Waals surface area contributed by atoms with Gasteiger partial charge in [-0.1, -0.05) is 12.1 Å². The Hall–Kier alpha value is -2.91. The van der Waals surface area contributed by atoms with E-state index >= 15 is 0 Å². The molecule has 2 aromatic rings. The molecule has 0 aliphatic carbocycles. The minimum absolute atomic E-state index is 0.0454. The van der Waals surface area contributed by atoms with Crippen molar-refractivity contribution in [2.75, 3.05) is 0 Å². The Morgan fingerprint density at radius 3 is 2.40 bits per heavy atom. The third kappa shape index (κ3) is 7.49. The molecule has 0 spiro atoms. The van der Waals surface area contributed by atoms with Gasteiger partial charge >= 0.3 is 5.97 Å². The molecule has 162 valence electrons. The summed E-state index contributed by atoms with van der Waals surface area (Å²) >= 11 is 0. The molecule has 0 bridgehead atoms. The van der Waals surface area contributed by atoms with Crippen LogP contribution in [0.25, 0.3) is 6.08 Å². The van der Waals surface area contributed by atoms with Crippen LogP contribution >= 0.6 is 0 Å². The highest BCUT2D eigenvalue weighted by atomic mass is 32.2. The van der Waals surface area contributed by atoms with Crippen LogP contribution in [0.15, 0.2) is 58.1 Å². The van der Waals surface area contributed by atoms with Gasteiger partial charge in [-0.25, -0.2) is 17.9 Å². The molecule has 1 aromatic heterocycles. The zero-order valence-corrected chi connectivity index (χ0v) is 18.2. The van der Waals surface area contributed by atoms with Crippen LogP contribution in [0, 0.1) is 0 Å². The third-order valence-corrected chi connectivity index (χ3v) is 5.20. The second kappa shape index (κ2) is 9.73. The van der Waals surface area contributed by atoms with Crippen LogP contribution in [0.2, 0.25) is 0 Å². The van der Waals surface area contributed by atoms with Gasteiger partial charge in [0.05, 0.1) is 17.7 Å². The van der Waals surface area contributed by atoms with Crippen molar-refractivity contribution in [2.45, 2.75) is 50.8 Å². The fourth-order valence-electron chi connectivity index (χ4n) is 2.32. The van der Waals surface area contributed by atoms with E-state index in [1.165, 1.54) is 37.5 Å². The average Bonchev–Trinajstić information content (AvgIpc) is 3.17. The molecule has 8 nitrogen and oxygen atoms in total. The molecule has 2 N–H and O–H groups in total. The zero-order chi connectivity index (χ0) is 22.4. The number of hydrogen-bond donors (Lipinski definition) is 2. The van der Waals surface area contributed by atoms with Gasteiger partial charge in [0, 0.05) is 11.6 Å². The van der Waals surface area contributed by atoms with E-state index in [9.17, 15) is 18.0 Å². The number of amides is 1. The first kappa shape index (κ1) is 23.4. The van der Waals surface area contributed by atoms with Crippen LogP contribution in [0.4, 0.5) is 0 Å². The lowest BCUT2D eigenvalue weighted by molar-refractivity contribution is -0.150. The summed E-state index contributed by atoms with van der Waals surface area (Å²) in [6.07, 6.45) is 3.19. The van der Waals surface area contributed by atoms with Crippen molar-refractivity contribution in [1.29, 1.82) is 0 Å². The number of esters is 1. The third-order valence-electron chi connectivity index (χ3n) is 3.78. The normalized spacial score (nSPS) is 13.2. The first-order valence-corrected chi connectivity index (χ1v) is 10.8. The molecule has 1 unspecified atom stereocenters. The number of carbonyl (C=O) groups is 2. The molecular formula is C21H26N2O6S. The van der Waals surface area contributed by atoms with Gasteiger partial charge in [-0.3, -0.25) is 4.79 Å². The van der Waals surface area contributed by atoms with E-state index in [1.54, 1.807) is 24.3 Å². The summed E-state index contributed by atoms with van der Waals surface area (Å²) in [5.41, 5.74) is 0.173. The van der Waals surface area contributed by atoms with E-state index in [2.05, 4.69) is 10.0 Å². The average molecular weight is 435 g/mol. The number of carbonyl (C=O) groups excluding carboxylic acids is 2. The van der Waals surface area contributed by atoms with Crippen LogP contribution in [0.5, 0.6) is 0 Å². The van der Waals surface area contributed by atoms with E-state index in [4.69, 9.17) is 9.15 Å². The van der Waals surface area contributed by atoms with Gasteiger partial charge in [-0.05, 0) is 63.6 Å². The Kier molecular flexibility index (Phi) is 7.58. The number of furan rings is 1. The summed E-state index contributed by atoms with van der Waals surface area (Å²) in [6, 6.07) is 9.31. The lowest BCUT2D eigenvalue weighted by Crippen LogP contribution is -2.46. The van der Waals surface area contributed by atoms with Gasteiger partial charge in [-0.2, -0.15) is 0 Å². The first-order valence-electron chi connectivity index (χ1n) is 9.29. The van der Waals surface area contributed by atoms with Crippen LogP contribution < -0.4 is 10.0 Å². The second-order valence-electron chi connectivity index (χ2n) is 7.62. The van der Waals surface area contributed by atoms with Crippen molar-refractivity contribution in [3.05, 3.63) is 60.1 Å². The summed E-state index contributed by atoms with van der Waals surface area (Å²) in [4.78, 5) is 23.9. The quantitative estimate of drug-likeness (QED) is 0.488. The molecule has 1 heterocycles. The van der Waals surface area contributed by atoms with Crippen LogP contribution in [-0.4, -0.2) is 31.9 Å². The Bertz CT molecular complexity index is 987. The number of ether oxygens (including phenoxy) is 1. The molecule has 0 aliphatic heterocycles. The fourth-order valence-corrected chi connectivity index (χ4v) is 3.32. The lowest BCUT2D eigenvalue weighted by atomic mass is 10.1. The van der Waals surface area contributed by atoms with E-state index in [0.717, 1.165) is 0 Å². The minimum Gasteiger partial charge on any atom is -0.468 e. The fraction of sp³-hybridized carbons (Fsp3) is 0.333. The number of rotatable bonds is 8. The number of benzene rings is 1. The Balaban J connectivity index is 1.92. The Morgan fingerprint density at radius 1 is 1.17 bits per heavy atom. The molecule has 0 fully saturated rings. The molecule has 0 aliphatic rings. The minimum atomic E-state index is -3.70. The summed E-state index contributed by atoms with van der Waals surface area (Å²) in [6.45, 7) is 7.02. The second-order valence-corrected chi connectivity index (χ2v) is 9.39. The number of sulfonamides is 1. The molecule has 9 heteroatoms. The van der Waals surface area contributed by atoms with Gasteiger partial charge in [0.1, 0.15) is 5.76 Å². The predicted molar refractivity (Wildman–Crippen MR) is 112 cm³/mol. The maximum absolute atomic E-state index is 12.3. The molecule has 1 aromatic carbocycles. The van der Waals surface area contributed by atoms with E-state index in [-0.39, 0.29) is 17.3 Å². The zero-order valence-electron chi connectivity index (χ0n) is 17.3. The highest BCUT2D eigenvalue weighted by Gasteiger charge is 2.21. The van der Waals surface area contributed by atoms with Crippen molar-refractivity contribution in [3.8, 4) is 0 Å². The van der Waals surface area contributed by atoms with Crippen molar-refractivity contribution in [2.24, 2.45) is 0 Å². The molecule has 1 amide bonds. The van der Waals surface area contributed by atoms with E-state index in [1.807, 2.05) is 20.8 Å². The maximum Gasteiger partial charge on any atom is 0.331 e. The largest absolute Gasteiger partial charge is 0.468 e. The molecule has 0 saturated heterocycles. The number of nitrogens with one attached hydrogen (secondary N) is 2. The predicted octanol–water partition coefficient (Wildman–Crippen LogP) is 2.62. The molecular weight excluding hydrogens is 408 g/mol. The van der Waals surface area contributed by atoms with Crippen molar-refractivity contribution in [3.63, 3.8) is 0 Å². The maximum atomic E-state index is 12.3. The summed E-state index contributed by atoms with van der Waals surface area (Å²) in [5.74, 6) is -0.564. The standard InChI is InChI=1S/C21H26N2O6S/c1-15(20(25)23-21(2,3)4)29-19(24)12-9-16-7-10-18(11-8-16)30(26,27)22-14-17-6-5-13-28-17/h5-13,15,22H,14H2,1-4H3,(H,23,25)/b12-9+. The molecule has 0 saturated carbocycles. The van der Waals surface area contributed by atoms with Crippen LogP contribution in [-0.2, 0) is 30.9 Å². The van der Waals surface area contributed by atoms with Gasteiger partial charge in [0.15, 0.2) is 6.10 Å². The van der Waals surface area contributed by atoms with Crippen molar-refractivity contribution >= 4 is 28.0 Å². The van der Waals surface area contributed by atoms with Crippen LogP contribution in [0.1, 0.15) is 39.0 Å². The van der Waals surface area contributed by atoms with Gasteiger partial charge < -0.3 is 14.5 Å². The van der Waals surface area contributed by atoms with E-state index in [0.29, 0.717) is 11.3 Å². The van der Waals surface area contributed by atoms with Crippen molar-refractivity contribution in [1.82, 2.24) is 10.0 Å². The molecule has 1 atom stereocenters. The van der Waals surface area contributed by atoms with Crippen LogP contribution in [0.3, 0.4) is 0 Å². The lowest BCUT2D eigenvalue weighted by Gasteiger charge is -2.22. The van der Waals surface area contributed by atoms with Gasteiger partial charge in [-0.15, -0.1) is 0 Å². The monoisotopic (exact) mass is 434 g/mol. The number of hydrogen-bond acceptors (Lipinski definition) is 6. The van der Waals surface area contributed by atoms with E-state index < -0.39 is 27.6 Å². The smallest absolute Gasteiger partial charge is 0.331 e. The summed E-state index contributed by atoms with van der Waals surface area (Å²) in [7, 11) is -3.70. The topological polar surface area (TPSA) is 115 Å². The molecule has 2 rings (SSSR count).